The van der Waals surface area contributed by atoms with Crippen LogP contribution in [0.1, 0.15) is 19.3 Å². The van der Waals surface area contributed by atoms with Crippen LogP contribution in [-0.2, 0) is 0 Å². The van der Waals surface area contributed by atoms with Crippen LogP contribution in [0.25, 0.3) is 10.8 Å². The minimum atomic E-state index is 0.585. The van der Waals surface area contributed by atoms with Gasteiger partial charge >= 0.3 is 0 Å². The zero-order valence-electron chi connectivity index (χ0n) is 13.9. The SMILES string of the molecule is CN(C(N)=NCCCN1CCCC1)c1ccc2ccccc2c1. The van der Waals surface area contributed by atoms with Gasteiger partial charge in [-0.25, -0.2) is 0 Å². The lowest BCUT2D eigenvalue weighted by molar-refractivity contribution is 0.336. The molecule has 0 aromatic heterocycles. The molecule has 1 fully saturated rings. The number of hydrogen-bond acceptors (Lipinski definition) is 2. The smallest absolute Gasteiger partial charge is 0.195 e. The second-order valence-electron chi connectivity index (χ2n) is 6.23. The predicted molar refractivity (Wildman–Crippen MR) is 99.1 cm³/mol. The first-order chi connectivity index (χ1) is 11.2. The summed E-state index contributed by atoms with van der Waals surface area (Å²) in [5.74, 6) is 0.585. The Kier molecular flexibility index (Phi) is 5.13. The fourth-order valence-electron chi connectivity index (χ4n) is 3.12. The van der Waals surface area contributed by atoms with E-state index in [-0.39, 0.29) is 0 Å². The van der Waals surface area contributed by atoms with Gasteiger partial charge in [-0.05, 0) is 61.8 Å². The number of hydrogen-bond donors (Lipinski definition) is 1. The van der Waals surface area contributed by atoms with E-state index in [0.29, 0.717) is 5.96 Å². The molecular weight excluding hydrogens is 284 g/mol. The first-order valence-corrected chi connectivity index (χ1v) is 8.49. The van der Waals surface area contributed by atoms with E-state index in [1.807, 2.05) is 11.9 Å². The van der Waals surface area contributed by atoms with Crippen molar-refractivity contribution in [2.45, 2.75) is 19.3 Å². The lowest BCUT2D eigenvalue weighted by atomic mass is 10.1. The van der Waals surface area contributed by atoms with Crippen molar-refractivity contribution in [1.82, 2.24) is 4.90 Å². The molecule has 0 bridgehead atoms. The number of fused-ring (bicyclic) bond motifs is 1. The van der Waals surface area contributed by atoms with Crippen molar-refractivity contribution < 1.29 is 0 Å². The van der Waals surface area contributed by atoms with Gasteiger partial charge in [0.05, 0.1) is 0 Å². The average Bonchev–Trinajstić information content (AvgIpc) is 3.11. The second kappa shape index (κ2) is 7.47. The van der Waals surface area contributed by atoms with Gasteiger partial charge in [-0.15, -0.1) is 0 Å². The van der Waals surface area contributed by atoms with Gasteiger partial charge in [0.15, 0.2) is 5.96 Å². The quantitative estimate of drug-likeness (QED) is 0.524. The summed E-state index contributed by atoms with van der Waals surface area (Å²) in [6.07, 6.45) is 3.76. The highest BCUT2D eigenvalue weighted by molar-refractivity contribution is 5.97. The maximum atomic E-state index is 6.15. The minimum absolute atomic E-state index is 0.585. The summed E-state index contributed by atoms with van der Waals surface area (Å²) < 4.78 is 0. The molecule has 0 amide bonds. The Bertz CT molecular complexity index is 674. The van der Waals surface area contributed by atoms with Crippen molar-refractivity contribution >= 4 is 22.4 Å². The Hall–Kier alpha value is -2.07. The van der Waals surface area contributed by atoms with Gasteiger partial charge in [-0.2, -0.15) is 0 Å². The van der Waals surface area contributed by atoms with Crippen molar-refractivity contribution in [1.29, 1.82) is 0 Å². The molecule has 0 atom stereocenters. The van der Waals surface area contributed by atoms with E-state index in [2.05, 4.69) is 52.4 Å². The molecule has 1 saturated heterocycles. The number of benzene rings is 2. The molecule has 0 spiro atoms. The summed E-state index contributed by atoms with van der Waals surface area (Å²) in [4.78, 5) is 9.01. The molecule has 3 rings (SSSR count). The van der Waals surface area contributed by atoms with Crippen LogP contribution in [0, 0.1) is 0 Å². The van der Waals surface area contributed by atoms with E-state index in [4.69, 9.17) is 5.73 Å². The molecular formula is C19H26N4. The average molecular weight is 310 g/mol. The van der Waals surface area contributed by atoms with Crippen molar-refractivity contribution in [3.05, 3.63) is 42.5 Å². The molecule has 122 valence electrons. The highest BCUT2D eigenvalue weighted by Crippen LogP contribution is 2.21. The van der Waals surface area contributed by atoms with E-state index >= 15 is 0 Å². The number of anilines is 1. The maximum absolute atomic E-state index is 6.15. The molecule has 1 aliphatic heterocycles. The van der Waals surface area contributed by atoms with Crippen LogP contribution in [-0.4, -0.2) is 44.1 Å². The van der Waals surface area contributed by atoms with E-state index in [0.717, 1.165) is 25.2 Å². The highest BCUT2D eigenvalue weighted by Gasteiger charge is 2.10. The molecule has 23 heavy (non-hydrogen) atoms. The molecule has 4 heteroatoms. The fraction of sp³-hybridized carbons (Fsp3) is 0.421. The lowest BCUT2D eigenvalue weighted by Crippen LogP contribution is -2.34. The summed E-state index contributed by atoms with van der Waals surface area (Å²) in [7, 11) is 1.98. The van der Waals surface area contributed by atoms with Crippen molar-refractivity contribution in [3.63, 3.8) is 0 Å². The van der Waals surface area contributed by atoms with Crippen LogP contribution in [0.4, 0.5) is 5.69 Å². The Labute approximate surface area is 138 Å². The Morgan fingerprint density at radius 1 is 1.13 bits per heavy atom. The van der Waals surface area contributed by atoms with Crippen LogP contribution < -0.4 is 10.6 Å². The van der Waals surface area contributed by atoms with Crippen LogP contribution in [0.5, 0.6) is 0 Å². The number of guanidine groups is 1. The molecule has 1 aliphatic rings. The Morgan fingerprint density at radius 3 is 2.65 bits per heavy atom. The van der Waals surface area contributed by atoms with E-state index < -0.39 is 0 Å². The molecule has 0 aliphatic carbocycles. The monoisotopic (exact) mass is 310 g/mol. The number of nitrogens with two attached hydrogens (primary N) is 1. The number of aliphatic imine (C=N–C) groups is 1. The molecule has 2 aromatic rings. The number of nitrogens with zero attached hydrogens (tertiary/aromatic N) is 3. The summed E-state index contributed by atoms with van der Waals surface area (Å²) in [5, 5.41) is 2.46. The zero-order valence-corrected chi connectivity index (χ0v) is 13.9. The number of rotatable bonds is 5. The Balaban J connectivity index is 1.58. The molecule has 4 nitrogen and oxygen atoms in total. The first-order valence-electron chi connectivity index (χ1n) is 8.49. The van der Waals surface area contributed by atoms with Crippen LogP contribution >= 0.6 is 0 Å². The summed E-state index contributed by atoms with van der Waals surface area (Å²) >= 11 is 0. The fourth-order valence-corrected chi connectivity index (χ4v) is 3.12. The predicted octanol–water partition coefficient (Wildman–Crippen LogP) is 3.08. The normalized spacial score (nSPS) is 16.1. The van der Waals surface area contributed by atoms with E-state index in [1.54, 1.807) is 0 Å². The molecule has 2 aromatic carbocycles. The third-order valence-electron chi connectivity index (χ3n) is 4.57. The van der Waals surface area contributed by atoms with Gasteiger partial charge in [0.1, 0.15) is 0 Å². The van der Waals surface area contributed by atoms with E-state index in [9.17, 15) is 0 Å². The molecule has 0 saturated carbocycles. The van der Waals surface area contributed by atoms with Gasteiger partial charge in [-0.3, -0.25) is 4.99 Å². The number of likely N-dealkylation sites (tertiary alicyclic amines) is 1. The third kappa shape index (κ3) is 4.02. The van der Waals surface area contributed by atoms with Gasteiger partial charge < -0.3 is 15.5 Å². The zero-order chi connectivity index (χ0) is 16.1. The molecule has 0 unspecified atom stereocenters. The van der Waals surface area contributed by atoms with Crippen LogP contribution in [0.15, 0.2) is 47.5 Å². The van der Waals surface area contributed by atoms with Gasteiger partial charge in [-0.1, -0.05) is 30.3 Å². The topological polar surface area (TPSA) is 44.9 Å². The largest absolute Gasteiger partial charge is 0.370 e. The highest BCUT2D eigenvalue weighted by atomic mass is 15.2. The van der Waals surface area contributed by atoms with Crippen molar-refractivity contribution in [2.75, 3.05) is 38.1 Å². The second-order valence-corrected chi connectivity index (χ2v) is 6.23. The lowest BCUT2D eigenvalue weighted by Gasteiger charge is -2.19. The van der Waals surface area contributed by atoms with Gasteiger partial charge in [0.25, 0.3) is 0 Å². The van der Waals surface area contributed by atoms with Crippen molar-refractivity contribution in [3.8, 4) is 0 Å². The summed E-state index contributed by atoms with van der Waals surface area (Å²) in [6, 6.07) is 14.7. The standard InChI is InChI=1S/C19H26N4/c1-22(18-10-9-16-7-2-3-8-17(16)15-18)19(20)21-11-6-14-23-12-4-5-13-23/h2-3,7-10,15H,4-6,11-14H2,1H3,(H2,20,21). The molecule has 0 radical (unpaired) electrons. The van der Waals surface area contributed by atoms with E-state index in [1.165, 1.54) is 36.7 Å². The maximum Gasteiger partial charge on any atom is 0.195 e. The summed E-state index contributed by atoms with van der Waals surface area (Å²) in [6.45, 7) is 4.42. The minimum Gasteiger partial charge on any atom is -0.370 e. The first kappa shape index (κ1) is 15.8. The van der Waals surface area contributed by atoms with Crippen LogP contribution in [0.3, 0.4) is 0 Å². The third-order valence-corrected chi connectivity index (χ3v) is 4.57. The Morgan fingerprint density at radius 2 is 1.87 bits per heavy atom. The van der Waals surface area contributed by atoms with Crippen LogP contribution in [0.2, 0.25) is 0 Å². The molecule has 2 N–H and O–H groups in total. The van der Waals surface area contributed by atoms with Gasteiger partial charge in [0, 0.05) is 19.3 Å². The molecule has 1 heterocycles. The summed E-state index contributed by atoms with van der Waals surface area (Å²) in [5.41, 5.74) is 7.22. The van der Waals surface area contributed by atoms with Gasteiger partial charge in [0.2, 0.25) is 0 Å². The van der Waals surface area contributed by atoms with Crippen molar-refractivity contribution in [2.24, 2.45) is 10.7 Å².